The van der Waals surface area contributed by atoms with Gasteiger partial charge >= 0.3 is 5.97 Å². The number of rotatable bonds is 5. The monoisotopic (exact) mass is 376 g/mol. The van der Waals surface area contributed by atoms with Gasteiger partial charge in [-0.25, -0.2) is 4.39 Å². The fourth-order valence-electron chi connectivity index (χ4n) is 4.07. The molecule has 0 unspecified atom stereocenters. The van der Waals surface area contributed by atoms with Crippen molar-refractivity contribution in [2.24, 2.45) is 5.41 Å². The first-order valence-corrected chi connectivity index (χ1v) is 9.32. The van der Waals surface area contributed by atoms with Gasteiger partial charge in [-0.05, 0) is 25.3 Å². The lowest BCUT2D eigenvalue weighted by Gasteiger charge is -2.39. The van der Waals surface area contributed by atoms with Gasteiger partial charge in [-0.2, -0.15) is 0 Å². The molecule has 1 aromatic carbocycles. The summed E-state index contributed by atoms with van der Waals surface area (Å²) >= 11 is 0. The van der Waals surface area contributed by atoms with E-state index in [9.17, 15) is 18.8 Å². The lowest BCUT2D eigenvalue weighted by Crippen LogP contribution is -2.50. The zero-order chi connectivity index (χ0) is 19.4. The minimum absolute atomic E-state index is 0.000251. The zero-order valence-electron chi connectivity index (χ0n) is 15.6. The fourth-order valence-corrected chi connectivity index (χ4v) is 4.07. The first-order valence-electron chi connectivity index (χ1n) is 9.32. The van der Waals surface area contributed by atoms with Crippen LogP contribution >= 0.6 is 0 Å². The number of carbonyl (C=O) groups excluding carboxylic acids is 3. The van der Waals surface area contributed by atoms with Crippen LogP contribution in [0, 0.1) is 11.2 Å². The number of nitrogens with zero attached hydrogens (tertiary/aromatic N) is 2. The summed E-state index contributed by atoms with van der Waals surface area (Å²) < 4.78 is 18.5. The van der Waals surface area contributed by atoms with Gasteiger partial charge in [-0.3, -0.25) is 14.4 Å². The maximum atomic E-state index is 14.0. The molecular weight excluding hydrogens is 351 g/mol. The lowest BCUT2D eigenvalue weighted by molar-refractivity contribution is -0.147. The molecule has 0 N–H and O–H groups in total. The standard InChI is InChI=1S/C20H25FN2O4/c1-27-18(25)8-7-17(24)23-12-10-20(14-23)9-4-11-22(19(20)26)13-15-5-2-3-6-16(15)21/h2-3,5-6H,4,7-14H2,1H3/t20-/m1/s1. The number of esters is 1. The van der Waals surface area contributed by atoms with Crippen LogP contribution in [0.2, 0.25) is 0 Å². The summed E-state index contributed by atoms with van der Waals surface area (Å²) in [5, 5.41) is 0. The highest BCUT2D eigenvalue weighted by atomic mass is 19.1. The second-order valence-electron chi connectivity index (χ2n) is 7.34. The summed E-state index contributed by atoms with van der Waals surface area (Å²) in [6.07, 6.45) is 2.33. The number of hydrogen-bond donors (Lipinski definition) is 0. The maximum Gasteiger partial charge on any atom is 0.306 e. The van der Waals surface area contributed by atoms with Crippen LogP contribution in [0.25, 0.3) is 0 Å². The average Bonchev–Trinajstić information content (AvgIpc) is 3.10. The van der Waals surface area contributed by atoms with Gasteiger partial charge in [0.2, 0.25) is 11.8 Å². The van der Waals surface area contributed by atoms with Crippen molar-refractivity contribution in [3.8, 4) is 0 Å². The van der Waals surface area contributed by atoms with Crippen LogP contribution in [0.5, 0.6) is 0 Å². The van der Waals surface area contributed by atoms with Crippen molar-refractivity contribution in [1.29, 1.82) is 0 Å². The number of methoxy groups -OCH3 is 1. The Balaban J connectivity index is 1.64. The fraction of sp³-hybridized carbons (Fsp3) is 0.550. The van der Waals surface area contributed by atoms with E-state index in [0.29, 0.717) is 31.6 Å². The molecule has 2 saturated heterocycles. The molecule has 0 saturated carbocycles. The highest BCUT2D eigenvalue weighted by Gasteiger charge is 2.49. The van der Waals surface area contributed by atoms with Crippen molar-refractivity contribution in [2.45, 2.75) is 38.6 Å². The summed E-state index contributed by atoms with van der Waals surface area (Å²) in [4.78, 5) is 40.1. The van der Waals surface area contributed by atoms with Crippen molar-refractivity contribution in [3.05, 3.63) is 35.6 Å². The number of benzene rings is 1. The van der Waals surface area contributed by atoms with Crippen molar-refractivity contribution >= 4 is 17.8 Å². The van der Waals surface area contributed by atoms with Gasteiger partial charge in [0.05, 0.1) is 18.9 Å². The summed E-state index contributed by atoms with van der Waals surface area (Å²) in [5.74, 6) is -0.852. The number of piperidine rings is 1. The molecular formula is C20H25FN2O4. The van der Waals surface area contributed by atoms with Crippen LogP contribution in [0.1, 0.15) is 37.7 Å². The molecule has 7 heteroatoms. The van der Waals surface area contributed by atoms with Gasteiger partial charge in [0, 0.05) is 38.2 Å². The predicted molar refractivity (Wildman–Crippen MR) is 95.9 cm³/mol. The molecule has 1 spiro atoms. The molecule has 2 fully saturated rings. The molecule has 0 aromatic heterocycles. The summed E-state index contributed by atoms with van der Waals surface area (Å²) in [6, 6.07) is 6.49. The Kier molecular flexibility index (Phi) is 5.77. The Morgan fingerprint density at radius 2 is 1.96 bits per heavy atom. The second-order valence-corrected chi connectivity index (χ2v) is 7.34. The SMILES string of the molecule is COC(=O)CCC(=O)N1CC[C@]2(CCCN(Cc3ccccc3F)C2=O)C1. The third kappa shape index (κ3) is 4.12. The van der Waals surface area contributed by atoms with E-state index >= 15 is 0 Å². The topological polar surface area (TPSA) is 66.9 Å². The predicted octanol–water partition coefficient (Wildman–Crippen LogP) is 2.12. The second kappa shape index (κ2) is 8.06. The Labute approximate surface area is 158 Å². The molecule has 0 aliphatic carbocycles. The molecule has 3 rings (SSSR count). The van der Waals surface area contributed by atoms with Crippen LogP contribution in [0.4, 0.5) is 4.39 Å². The Bertz CT molecular complexity index is 738. The van der Waals surface area contributed by atoms with E-state index in [4.69, 9.17) is 0 Å². The molecule has 146 valence electrons. The van der Waals surface area contributed by atoms with Crippen molar-refractivity contribution < 1.29 is 23.5 Å². The minimum atomic E-state index is -0.579. The highest BCUT2D eigenvalue weighted by Crippen LogP contribution is 2.40. The van der Waals surface area contributed by atoms with E-state index < -0.39 is 11.4 Å². The van der Waals surface area contributed by atoms with Gasteiger partial charge in [-0.1, -0.05) is 18.2 Å². The third-order valence-electron chi connectivity index (χ3n) is 5.62. The molecule has 0 radical (unpaired) electrons. The van der Waals surface area contributed by atoms with E-state index in [1.54, 1.807) is 28.0 Å². The summed E-state index contributed by atoms with van der Waals surface area (Å²) in [7, 11) is 1.29. The molecule has 1 aromatic rings. The average molecular weight is 376 g/mol. The minimum Gasteiger partial charge on any atom is -0.469 e. The Morgan fingerprint density at radius 1 is 1.19 bits per heavy atom. The molecule has 2 aliphatic heterocycles. The highest BCUT2D eigenvalue weighted by molar-refractivity contribution is 5.87. The van der Waals surface area contributed by atoms with E-state index in [0.717, 1.165) is 12.8 Å². The third-order valence-corrected chi connectivity index (χ3v) is 5.62. The molecule has 2 aliphatic rings. The zero-order valence-corrected chi connectivity index (χ0v) is 15.6. The number of ether oxygens (including phenoxy) is 1. The van der Waals surface area contributed by atoms with Gasteiger partial charge in [0.25, 0.3) is 0 Å². The van der Waals surface area contributed by atoms with Crippen LogP contribution in [-0.4, -0.2) is 54.3 Å². The molecule has 1 atom stereocenters. The van der Waals surface area contributed by atoms with Gasteiger partial charge in [-0.15, -0.1) is 0 Å². The summed E-state index contributed by atoms with van der Waals surface area (Å²) in [6.45, 7) is 1.74. The summed E-state index contributed by atoms with van der Waals surface area (Å²) in [5.41, 5.74) is -0.0725. The van der Waals surface area contributed by atoms with E-state index in [2.05, 4.69) is 4.74 Å². The van der Waals surface area contributed by atoms with E-state index in [1.807, 2.05) is 0 Å². The Morgan fingerprint density at radius 3 is 2.70 bits per heavy atom. The first kappa shape index (κ1) is 19.3. The molecule has 0 bridgehead atoms. The van der Waals surface area contributed by atoms with E-state index in [1.165, 1.54) is 13.2 Å². The smallest absolute Gasteiger partial charge is 0.306 e. The number of halogens is 1. The maximum absolute atomic E-state index is 14.0. The van der Waals surface area contributed by atoms with Crippen LogP contribution in [0.15, 0.2) is 24.3 Å². The van der Waals surface area contributed by atoms with Crippen LogP contribution in [0.3, 0.4) is 0 Å². The first-order chi connectivity index (χ1) is 12.9. The molecule has 6 nitrogen and oxygen atoms in total. The Hall–Kier alpha value is -2.44. The molecule has 27 heavy (non-hydrogen) atoms. The lowest BCUT2D eigenvalue weighted by atomic mass is 9.78. The van der Waals surface area contributed by atoms with Crippen LogP contribution in [-0.2, 0) is 25.7 Å². The van der Waals surface area contributed by atoms with Gasteiger partial charge < -0.3 is 14.5 Å². The molecule has 2 amide bonds. The quantitative estimate of drug-likeness (QED) is 0.739. The van der Waals surface area contributed by atoms with Crippen molar-refractivity contribution in [1.82, 2.24) is 9.80 Å². The number of carbonyl (C=O) groups is 3. The van der Waals surface area contributed by atoms with Gasteiger partial charge in [0.1, 0.15) is 5.82 Å². The van der Waals surface area contributed by atoms with Crippen molar-refractivity contribution in [3.63, 3.8) is 0 Å². The normalized spacial score (nSPS) is 22.4. The van der Waals surface area contributed by atoms with Crippen LogP contribution < -0.4 is 0 Å². The van der Waals surface area contributed by atoms with Gasteiger partial charge in [0.15, 0.2) is 0 Å². The largest absolute Gasteiger partial charge is 0.469 e. The molecule has 2 heterocycles. The number of amides is 2. The number of hydrogen-bond acceptors (Lipinski definition) is 4. The van der Waals surface area contributed by atoms with Crippen molar-refractivity contribution in [2.75, 3.05) is 26.7 Å². The number of likely N-dealkylation sites (tertiary alicyclic amines) is 2. The van der Waals surface area contributed by atoms with E-state index in [-0.39, 0.29) is 37.0 Å².